The Morgan fingerprint density at radius 3 is 2.28 bits per heavy atom. The van der Waals surface area contributed by atoms with Gasteiger partial charge in [-0.05, 0) is 18.6 Å². The topological polar surface area (TPSA) is 79.0 Å². The predicted molar refractivity (Wildman–Crippen MR) is 94.8 cm³/mol. The highest BCUT2D eigenvalue weighted by atomic mass is 16.2. The van der Waals surface area contributed by atoms with Crippen LogP contribution in [0.2, 0.25) is 0 Å². The number of amides is 2. The van der Waals surface area contributed by atoms with E-state index in [0.29, 0.717) is 22.3 Å². The Bertz CT molecular complexity index is 1070. The summed E-state index contributed by atoms with van der Waals surface area (Å²) in [5, 5.41) is 3.28. The number of nitrogens with one attached hydrogen (secondary N) is 2. The fraction of sp³-hybridized carbons (Fsp3) is 0.0500. The van der Waals surface area contributed by atoms with Crippen molar-refractivity contribution in [3.8, 4) is 0 Å². The number of aromatic amines is 1. The van der Waals surface area contributed by atoms with Crippen LogP contribution in [0.15, 0.2) is 48.5 Å². The van der Waals surface area contributed by atoms with E-state index in [4.69, 9.17) is 0 Å². The quantitative estimate of drug-likeness (QED) is 0.572. The van der Waals surface area contributed by atoms with Gasteiger partial charge in [-0.25, -0.2) is 0 Å². The van der Waals surface area contributed by atoms with Crippen molar-refractivity contribution in [2.75, 3.05) is 0 Å². The summed E-state index contributed by atoms with van der Waals surface area (Å²) in [6.07, 6.45) is 0.739. The Hall–Kier alpha value is -3.47. The van der Waals surface area contributed by atoms with Gasteiger partial charge in [0.1, 0.15) is 6.29 Å². The fourth-order valence-electron chi connectivity index (χ4n) is 3.30. The second kappa shape index (κ2) is 5.56. The molecule has 0 saturated carbocycles. The van der Waals surface area contributed by atoms with Crippen molar-refractivity contribution >= 4 is 40.1 Å². The molecule has 0 bridgehead atoms. The Morgan fingerprint density at radius 2 is 1.56 bits per heavy atom. The molecule has 0 atom stereocenters. The van der Waals surface area contributed by atoms with Crippen LogP contribution in [0, 0.1) is 6.92 Å². The molecule has 1 aliphatic rings. The summed E-state index contributed by atoms with van der Waals surface area (Å²) in [6.45, 7) is 1.88. The first-order valence-corrected chi connectivity index (χ1v) is 7.83. The predicted octanol–water partition coefficient (Wildman–Crippen LogP) is 2.86. The van der Waals surface area contributed by atoms with Gasteiger partial charge >= 0.3 is 0 Å². The Kier molecular flexibility index (Phi) is 3.35. The van der Waals surface area contributed by atoms with Crippen LogP contribution >= 0.6 is 0 Å². The third kappa shape index (κ3) is 2.29. The molecule has 0 fully saturated rings. The minimum absolute atomic E-state index is 0.329. The number of benzene rings is 2. The van der Waals surface area contributed by atoms with E-state index in [0.717, 1.165) is 28.4 Å². The molecule has 3 aromatic rings. The number of fused-ring (bicyclic) bond motifs is 1. The summed E-state index contributed by atoms with van der Waals surface area (Å²) in [6, 6.07) is 14.3. The number of rotatable bonds is 3. The summed E-state index contributed by atoms with van der Waals surface area (Å²) in [7, 11) is 0. The maximum absolute atomic E-state index is 12.5. The lowest BCUT2D eigenvalue weighted by Crippen LogP contribution is -2.22. The van der Waals surface area contributed by atoms with Gasteiger partial charge in [-0.2, -0.15) is 0 Å². The standard InChI is InChI=1S/C20H14N2O3/c1-11-16(14-4-2-3-5-15(14)21-11)18-17(19(24)22-20(18)25)13-8-6-12(10-23)7-9-13/h2-10,21H,1H3,(H,22,24,25). The minimum Gasteiger partial charge on any atom is -0.358 e. The van der Waals surface area contributed by atoms with E-state index in [2.05, 4.69) is 10.3 Å². The molecule has 2 aromatic carbocycles. The van der Waals surface area contributed by atoms with Crippen molar-refractivity contribution < 1.29 is 14.4 Å². The SMILES string of the molecule is Cc1[nH]c2ccccc2c1C1=C(c2ccc(C=O)cc2)C(=O)NC1=O. The number of para-hydroxylation sites is 1. The first-order valence-electron chi connectivity index (χ1n) is 7.83. The summed E-state index contributed by atoms with van der Waals surface area (Å²) in [4.78, 5) is 39.1. The molecule has 1 aromatic heterocycles. The Labute approximate surface area is 143 Å². The van der Waals surface area contributed by atoms with Crippen LogP contribution in [-0.2, 0) is 9.59 Å². The number of imide groups is 1. The summed E-state index contributed by atoms with van der Waals surface area (Å²) < 4.78 is 0. The van der Waals surface area contributed by atoms with Crippen molar-refractivity contribution in [2.24, 2.45) is 0 Å². The lowest BCUT2D eigenvalue weighted by Gasteiger charge is -2.05. The van der Waals surface area contributed by atoms with Gasteiger partial charge < -0.3 is 4.98 Å². The van der Waals surface area contributed by atoms with E-state index >= 15 is 0 Å². The van der Waals surface area contributed by atoms with Crippen molar-refractivity contribution in [3.05, 3.63) is 70.9 Å². The molecule has 5 nitrogen and oxygen atoms in total. The molecule has 25 heavy (non-hydrogen) atoms. The van der Waals surface area contributed by atoms with Gasteiger partial charge in [0.25, 0.3) is 11.8 Å². The highest BCUT2D eigenvalue weighted by Gasteiger charge is 2.34. The number of carbonyl (C=O) groups is 3. The van der Waals surface area contributed by atoms with E-state index in [1.165, 1.54) is 0 Å². The van der Waals surface area contributed by atoms with Gasteiger partial charge in [0.15, 0.2) is 0 Å². The highest BCUT2D eigenvalue weighted by Crippen LogP contribution is 2.36. The molecule has 2 heterocycles. The van der Waals surface area contributed by atoms with E-state index < -0.39 is 11.8 Å². The highest BCUT2D eigenvalue weighted by molar-refractivity contribution is 6.50. The number of aldehydes is 1. The monoisotopic (exact) mass is 330 g/mol. The normalized spacial score (nSPS) is 14.3. The number of carbonyl (C=O) groups excluding carboxylic acids is 3. The molecule has 2 amide bonds. The van der Waals surface area contributed by atoms with Crippen molar-refractivity contribution in [3.63, 3.8) is 0 Å². The molecular formula is C20H14N2O3. The van der Waals surface area contributed by atoms with Gasteiger partial charge in [-0.1, -0.05) is 42.5 Å². The molecule has 4 rings (SSSR count). The summed E-state index contributed by atoms with van der Waals surface area (Å²) in [5.74, 6) is -0.837. The molecule has 5 heteroatoms. The second-order valence-corrected chi connectivity index (χ2v) is 5.94. The zero-order valence-electron chi connectivity index (χ0n) is 13.4. The molecular weight excluding hydrogens is 316 g/mol. The van der Waals surface area contributed by atoms with Crippen LogP contribution < -0.4 is 5.32 Å². The second-order valence-electron chi connectivity index (χ2n) is 5.94. The molecule has 0 saturated heterocycles. The van der Waals surface area contributed by atoms with E-state index in [9.17, 15) is 14.4 Å². The first kappa shape index (κ1) is 15.1. The van der Waals surface area contributed by atoms with Crippen molar-refractivity contribution in [2.45, 2.75) is 6.92 Å². The van der Waals surface area contributed by atoms with Gasteiger partial charge in [-0.3, -0.25) is 19.7 Å². The first-order chi connectivity index (χ1) is 12.1. The largest absolute Gasteiger partial charge is 0.358 e. The minimum atomic E-state index is -0.427. The maximum Gasteiger partial charge on any atom is 0.259 e. The fourth-order valence-corrected chi connectivity index (χ4v) is 3.30. The van der Waals surface area contributed by atoms with Crippen molar-refractivity contribution in [1.82, 2.24) is 10.3 Å². The van der Waals surface area contributed by atoms with Gasteiger partial charge in [0.05, 0.1) is 11.1 Å². The Balaban J connectivity index is 2.01. The molecule has 0 aliphatic carbocycles. The van der Waals surface area contributed by atoms with E-state index in [1.807, 2.05) is 31.2 Å². The molecule has 2 N–H and O–H groups in total. The number of aromatic nitrogens is 1. The van der Waals surface area contributed by atoms with Crippen LogP contribution in [0.1, 0.15) is 27.2 Å². The van der Waals surface area contributed by atoms with E-state index in [-0.39, 0.29) is 0 Å². The molecule has 122 valence electrons. The molecule has 0 unspecified atom stereocenters. The number of H-pyrrole nitrogens is 1. The zero-order valence-corrected chi connectivity index (χ0v) is 13.4. The third-order valence-corrected chi connectivity index (χ3v) is 4.41. The molecule has 0 radical (unpaired) electrons. The summed E-state index contributed by atoms with van der Waals surface area (Å²) >= 11 is 0. The van der Waals surface area contributed by atoms with Gasteiger partial charge in [0.2, 0.25) is 0 Å². The lowest BCUT2D eigenvalue weighted by atomic mass is 9.94. The number of hydrogen-bond donors (Lipinski definition) is 2. The Morgan fingerprint density at radius 1 is 0.880 bits per heavy atom. The average molecular weight is 330 g/mol. The maximum atomic E-state index is 12.5. The van der Waals surface area contributed by atoms with Crippen molar-refractivity contribution in [1.29, 1.82) is 0 Å². The van der Waals surface area contributed by atoms with Gasteiger partial charge in [-0.15, -0.1) is 0 Å². The smallest absolute Gasteiger partial charge is 0.259 e. The van der Waals surface area contributed by atoms with E-state index in [1.54, 1.807) is 24.3 Å². The van der Waals surface area contributed by atoms with Crippen LogP contribution in [-0.4, -0.2) is 23.1 Å². The average Bonchev–Trinajstić information content (AvgIpc) is 3.09. The number of aryl methyl sites for hydroxylation is 1. The molecule has 0 spiro atoms. The number of hydrogen-bond acceptors (Lipinski definition) is 3. The van der Waals surface area contributed by atoms with Crippen LogP contribution in [0.4, 0.5) is 0 Å². The lowest BCUT2D eigenvalue weighted by molar-refractivity contribution is -0.122. The summed E-state index contributed by atoms with van der Waals surface area (Å²) in [5.41, 5.74) is 4.27. The van der Waals surface area contributed by atoms with Crippen LogP contribution in [0.3, 0.4) is 0 Å². The van der Waals surface area contributed by atoms with Crippen LogP contribution in [0.25, 0.3) is 22.0 Å². The third-order valence-electron chi connectivity index (χ3n) is 4.41. The molecule has 1 aliphatic heterocycles. The van der Waals surface area contributed by atoms with Crippen LogP contribution in [0.5, 0.6) is 0 Å². The zero-order chi connectivity index (χ0) is 17.6. The van der Waals surface area contributed by atoms with Gasteiger partial charge in [0, 0.05) is 27.7 Å².